The summed E-state index contributed by atoms with van der Waals surface area (Å²) in [6.07, 6.45) is 3.69. The second kappa shape index (κ2) is 6.81. The van der Waals surface area contributed by atoms with E-state index in [9.17, 15) is 4.79 Å². The Morgan fingerprint density at radius 3 is 2.69 bits per heavy atom. The van der Waals surface area contributed by atoms with Gasteiger partial charge >= 0.3 is 5.97 Å². The second-order valence-corrected chi connectivity index (χ2v) is 6.15. The quantitative estimate of drug-likeness (QED) is 0.663. The molecule has 0 atom stereocenters. The van der Waals surface area contributed by atoms with Crippen LogP contribution in [0.2, 0.25) is 0 Å². The summed E-state index contributed by atoms with van der Waals surface area (Å²) in [6.45, 7) is -0.253. The fourth-order valence-corrected chi connectivity index (χ4v) is 3.43. The maximum atomic E-state index is 12.6. The van der Waals surface area contributed by atoms with Gasteiger partial charge in [-0.05, 0) is 41.7 Å². The summed E-state index contributed by atoms with van der Waals surface area (Å²) in [5.41, 5.74) is 5.30. The molecule has 1 aromatic heterocycles. The van der Waals surface area contributed by atoms with Crippen molar-refractivity contribution in [2.24, 2.45) is 0 Å². The zero-order valence-corrected chi connectivity index (χ0v) is 14.1. The molecule has 2 aromatic carbocycles. The topological polar surface area (TPSA) is 63.0 Å². The fourth-order valence-electron chi connectivity index (χ4n) is 3.43. The molecule has 0 fully saturated rings. The molecule has 0 radical (unpaired) electrons. The Kier molecular flexibility index (Phi) is 4.20. The Balaban J connectivity index is 1.89. The van der Waals surface area contributed by atoms with Crippen molar-refractivity contribution in [1.29, 1.82) is 5.26 Å². The van der Waals surface area contributed by atoms with Gasteiger partial charge in [-0.1, -0.05) is 48.5 Å². The molecule has 4 nitrogen and oxygen atoms in total. The number of carbonyl (C=O) groups excluding carboxylic acids is 1. The number of carbonyl (C=O) groups is 1. The largest absolute Gasteiger partial charge is 0.447 e. The van der Waals surface area contributed by atoms with Crippen molar-refractivity contribution in [1.82, 2.24) is 4.98 Å². The zero-order valence-electron chi connectivity index (χ0n) is 14.1. The molecule has 0 spiro atoms. The number of rotatable bonds is 3. The van der Waals surface area contributed by atoms with Crippen LogP contribution in [0.25, 0.3) is 22.6 Å². The number of hydrogen-bond acceptors (Lipinski definition) is 4. The average molecular weight is 340 g/mol. The van der Waals surface area contributed by atoms with Crippen molar-refractivity contribution in [2.75, 3.05) is 6.61 Å². The number of aromatic nitrogens is 1. The first-order valence-corrected chi connectivity index (χ1v) is 8.49. The SMILES string of the molecule is N#CCOC(=O)c1c2c(nc3ccccc13)C(=Cc1ccccc1)CC2. The Morgan fingerprint density at radius 1 is 1.12 bits per heavy atom. The van der Waals surface area contributed by atoms with E-state index in [0.717, 1.165) is 46.1 Å². The molecule has 126 valence electrons. The summed E-state index contributed by atoms with van der Waals surface area (Å²) in [5.74, 6) is -0.456. The van der Waals surface area contributed by atoms with Gasteiger partial charge in [-0.2, -0.15) is 5.26 Å². The molecule has 4 heteroatoms. The first-order chi connectivity index (χ1) is 12.8. The van der Waals surface area contributed by atoms with Crippen molar-refractivity contribution in [3.63, 3.8) is 0 Å². The number of para-hydroxylation sites is 1. The number of nitriles is 1. The first-order valence-electron chi connectivity index (χ1n) is 8.49. The summed E-state index contributed by atoms with van der Waals surface area (Å²) in [5, 5.41) is 9.50. The van der Waals surface area contributed by atoms with E-state index < -0.39 is 5.97 Å². The standard InChI is InChI=1S/C22H16N2O2/c23-12-13-26-22(25)20-17-8-4-5-9-19(17)24-21-16(10-11-18(20)21)14-15-6-2-1-3-7-15/h1-9,14H,10-11,13H2. The molecule has 0 unspecified atom stereocenters. The zero-order chi connectivity index (χ0) is 17.9. The average Bonchev–Trinajstić information content (AvgIpc) is 3.07. The van der Waals surface area contributed by atoms with Crippen LogP contribution in [0.15, 0.2) is 54.6 Å². The summed E-state index contributed by atoms with van der Waals surface area (Å²) < 4.78 is 5.12. The summed E-state index contributed by atoms with van der Waals surface area (Å²) in [4.78, 5) is 17.4. The Labute approximate surface area is 151 Å². The molecule has 1 aliphatic carbocycles. The van der Waals surface area contributed by atoms with Crippen LogP contribution in [-0.2, 0) is 11.2 Å². The monoisotopic (exact) mass is 340 g/mol. The molecule has 0 bridgehead atoms. The maximum Gasteiger partial charge on any atom is 0.340 e. The highest BCUT2D eigenvalue weighted by Gasteiger charge is 2.27. The minimum absolute atomic E-state index is 0.253. The second-order valence-electron chi connectivity index (χ2n) is 6.15. The molecule has 0 saturated heterocycles. The molecule has 1 heterocycles. The first kappa shape index (κ1) is 16.0. The third kappa shape index (κ3) is 2.84. The lowest BCUT2D eigenvalue weighted by atomic mass is 10.0. The lowest BCUT2D eigenvalue weighted by Gasteiger charge is -2.11. The molecular weight excluding hydrogens is 324 g/mol. The Hall–Kier alpha value is -3.45. The molecular formula is C22H16N2O2. The van der Waals surface area contributed by atoms with Gasteiger partial charge in [0.15, 0.2) is 6.61 Å². The predicted octanol–water partition coefficient (Wildman–Crippen LogP) is 4.40. The fraction of sp³-hybridized carbons (Fsp3) is 0.136. The number of benzene rings is 2. The minimum Gasteiger partial charge on any atom is -0.447 e. The number of nitrogens with zero attached hydrogens (tertiary/aromatic N) is 2. The van der Waals surface area contributed by atoms with Crippen molar-refractivity contribution >= 4 is 28.5 Å². The Bertz CT molecular complexity index is 1060. The number of allylic oxidation sites excluding steroid dienone is 1. The van der Waals surface area contributed by atoms with Crippen molar-refractivity contribution in [3.05, 3.63) is 77.0 Å². The number of pyridine rings is 1. The van der Waals surface area contributed by atoms with Crippen LogP contribution >= 0.6 is 0 Å². The third-order valence-corrected chi connectivity index (χ3v) is 4.55. The minimum atomic E-state index is -0.456. The third-order valence-electron chi connectivity index (χ3n) is 4.55. The van der Waals surface area contributed by atoms with Crippen LogP contribution in [-0.4, -0.2) is 17.6 Å². The molecule has 4 rings (SSSR count). The molecule has 26 heavy (non-hydrogen) atoms. The van der Waals surface area contributed by atoms with Gasteiger partial charge in [-0.15, -0.1) is 0 Å². The van der Waals surface area contributed by atoms with E-state index in [2.05, 4.69) is 6.08 Å². The number of hydrogen-bond donors (Lipinski definition) is 0. The van der Waals surface area contributed by atoms with Crippen LogP contribution in [0.3, 0.4) is 0 Å². The van der Waals surface area contributed by atoms with Gasteiger partial charge < -0.3 is 4.74 Å². The van der Waals surface area contributed by atoms with Crippen molar-refractivity contribution < 1.29 is 9.53 Å². The molecule has 0 aliphatic heterocycles. The van der Waals surface area contributed by atoms with E-state index in [4.69, 9.17) is 15.0 Å². The molecule has 0 amide bonds. The maximum absolute atomic E-state index is 12.6. The lowest BCUT2D eigenvalue weighted by Crippen LogP contribution is -2.10. The van der Waals surface area contributed by atoms with Gasteiger partial charge in [0.2, 0.25) is 0 Å². The van der Waals surface area contributed by atoms with E-state index in [1.165, 1.54) is 0 Å². The van der Waals surface area contributed by atoms with Gasteiger partial charge in [-0.25, -0.2) is 9.78 Å². The molecule has 1 aliphatic rings. The summed E-state index contributed by atoms with van der Waals surface area (Å²) >= 11 is 0. The van der Waals surface area contributed by atoms with E-state index in [1.807, 2.05) is 60.7 Å². The van der Waals surface area contributed by atoms with Crippen LogP contribution < -0.4 is 0 Å². The van der Waals surface area contributed by atoms with Gasteiger partial charge in [-0.3, -0.25) is 0 Å². The number of ether oxygens (including phenoxy) is 1. The van der Waals surface area contributed by atoms with Crippen LogP contribution in [0.1, 0.15) is 33.6 Å². The van der Waals surface area contributed by atoms with Gasteiger partial charge in [0.25, 0.3) is 0 Å². The summed E-state index contributed by atoms with van der Waals surface area (Å²) in [6, 6.07) is 19.5. The predicted molar refractivity (Wildman–Crippen MR) is 100 cm³/mol. The highest BCUT2D eigenvalue weighted by molar-refractivity contribution is 6.07. The molecule has 3 aromatic rings. The van der Waals surface area contributed by atoms with E-state index in [1.54, 1.807) is 0 Å². The van der Waals surface area contributed by atoms with Gasteiger partial charge in [0.05, 0.1) is 16.8 Å². The van der Waals surface area contributed by atoms with Gasteiger partial charge in [0, 0.05) is 5.39 Å². The van der Waals surface area contributed by atoms with E-state index in [0.29, 0.717) is 5.56 Å². The normalized spacial score (nSPS) is 14.2. The highest BCUT2D eigenvalue weighted by Crippen LogP contribution is 2.37. The van der Waals surface area contributed by atoms with E-state index >= 15 is 0 Å². The van der Waals surface area contributed by atoms with Crippen LogP contribution in [0.4, 0.5) is 0 Å². The highest BCUT2D eigenvalue weighted by atomic mass is 16.5. The Morgan fingerprint density at radius 2 is 1.88 bits per heavy atom. The smallest absolute Gasteiger partial charge is 0.340 e. The van der Waals surface area contributed by atoms with Crippen molar-refractivity contribution in [2.45, 2.75) is 12.8 Å². The number of fused-ring (bicyclic) bond motifs is 2. The van der Waals surface area contributed by atoms with Crippen LogP contribution in [0.5, 0.6) is 0 Å². The van der Waals surface area contributed by atoms with Crippen LogP contribution in [0, 0.1) is 11.3 Å². The van der Waals surface area contributed by atoms with Gasteiger partial charge in [0.1, 0.15) is 6.07 Å². The molecule has 0 N–H and O–H groups in total. The number of esters is 1. The summed E-state index contributed by atoms with van der Waals surface area (Å²) in [7, 11) is 0. The lowest BCUT2D eigenvalue weighted by molar-refractivity contribution is 0.0556. The van der Waals surface area contributed by atoms with E-state index in [-0.39, 0.29) is 6.61 Å². The molecule has 0 saturated carbocycles. The van der Waals surface area contributed by atoms with Crippen molar-refractivity contribution in [3.8, 4) is 6.07 Å².